The Morgan fingerprint density at radius 2 is 2.00 bits per heavy atom. The van der Waals surface area contributed by atoms with Gasteiger partial charge in [-0.25, -0.2) is 12.8 Å². The van der Waals surface area contributed by atoms with Crippen molar-refractivity contribution in [3.63, 3.8) is 0 Å². The zero-order valence-corrected chi connectivity index (χ0v) is 9.65. The monoisotopic (exact) mass is 278 g/mol. The normalized spacial score (nSPS) is 18.5. The Hall–Kier alpha value is -0.420. The molecule has 0 amide bonds. The molecule has 0 spiro atoms. The molecule has 0 heterocycles. The number of thiol groups is 1. The minimum Gasteiger partial charge on any atom is -0.231 e. The van der Waals surface area contributed by atoms with Crippen molar-refractivity contribution in [3.05, 3.63) is 34.1 Å². The highest BCUT2D eigenvalue weighted by atomic mass is 79.9. The van der Waals surface area contributed by atoms with Gasteiger partial charge in [0.15, 0.2) is 0 Å². The molecule has 0 radical (unpaired) electrons. The summed E-state index contributed by atoms with van der Waals surface area (Å²) in [6.07, 6.45) is 1.29. The maximum Gasteiger partial charge on any atom is 0.150 e. The highest BCUT2D eigenvalue weighted by Gasteiger charge is 2.48. The Morgan fingerprint density at radius 3 is 2.43 bits per heavy atom. The van der Waals surface area contributed by atoms with Crippen molar-refractivity contribution in [2.75, 3.05) is 0 Å². The Bertz CT molecular complexity index is 444. The topological polar surface area (TPSA) is 34.1 Å². The van der Waals surface area contributed by atoms with Gasteiger partial charge < -0.3 is 0 Å². The van der Waals surface area contributed by atoms with Crippen molar-refractivity contribution in [1.82, 2.24) is 0 Å². The predicted molar refractivity (Wildman–Crippen MR) is 55.3 cm³/mol. The van der Waals surface area contributed by atoms with Gasteiger partial charge >= 0.3 is 0 Å². The first-order valence-electron chi connectivity index (χ1n) is 4.16. The van der Waals surface area contributed by atoms with E-state index in [1.807, 2.05) is 0 Å². The second kappa shape index (κ2) is 3.31. The van der Waals surface area contributed by atoms with E-state index in [0.717, 1.165) is 0 Å². The molecular weight excluding hydrogens is 271 g/mol. The summed E-state index contributed by atoms with van der Waals surface area (Å²) in [5, 5.41) is 0. The summed E-state index contributed by atoms with van der Waals surface area (Å²) >= 11 is 3.04. The third-order valence-electron chi connectivity index (χ3n) is 2.53. The lowest BCUT2D eigenvalue weighted by Gasteiger charge is -2.08. The van der Waals surface area contributed by atoms with Crippen molar-refractivity contribution in [2.45, 2.75) is 17.6 Å². The summed E-state index contributed by atoms with van der Waals surface area (Å²) in [6, 6.07) is 4.38. The number of benzene rings is 1. The van der Waals surface area contributed by atoms with Gasteiger partial charge in [0.25, 0.3) is 0 Å². The molecule has 0 N–H and O–H groups in total. The van der Waals surface area contributed by atoms with Gasteiger partial charge in [0, 0.05) is 0 Å². The van der Waals surface area contributed by atoms with Crippen LogP contribution < -0.4 is 0 Å². The van der Waals surface area contributed by atoms with Crippen LogP contribution in [-0.4, -0.2) is 8.42 Å². The van der Waals surface area contributed by atoms with Crippen molar-refractivity contribution in [3.8, 4) is 0 Å². The Labute approximate surface area is 91.2 Å². The van der Waals surface area contributed by atoms with Crippen LogP contribution in [0.3, 0.4) is 0 Å². The highest BCUT2D eigenvalue weighted by molar-refractivity contribution is 9.10. The van der Waals surface area contributed by atoms with E-state index in [9.17, 15) is 12.8 Å². The quantitative estimate of drug-likeness (QED) is 0.842. The van der Waals surface area contributed by atoms with E-state index in [4.69, 9.17) is 0 Å². The molecule has 1 aliphatic rings. The van der Waals surface area contributed by atoms with E-state index < -0.39 is 15.5 Å². The average Bonchev–Trinajstić information content (AvgIpc) is 2.90. The van der Waals surface area contributed by atoms with Crippen LogP contribution in [-0.2, 0) is 15.5 Å². The Morgan fingerprint density at radius 1 is 1.36 bits per heavy atom. The largest absolute Gasteiger partial charge is 0.231 e. The second-order valence-electron chi connectivity index (χ2n) is 3.42. The fourth-order valence-corrected chi connectivity index (χ4v) is 2.69. The molecule has 1 saturated carbocycles. The third kappa shape index (κ3) is 1.48. The molecule has 1 aliphatic carbocycles. The molecule has 76 valence electrons. The van der Waals surface area contributed by atoms with Crippen LogP contribution in [0.5, 0.6) is 0 Å². The lowest BCUT2D eigenvalue weighted by atomic mass is 10.1. The van der Waals surface area contributed by atoms with E-state index in [1.54, 1.807) is 6.07 Å². The molecule has 0 aromatic heterocycles. The lowest BCUT2D eigenvalue weighted by Crippen LogP contribution is -2.08. The van der Waals surface area contributed by atoms with Gasteiger partial charge in [-0.15, -0.1) is 0 Å². The summed E-state index contributed by atoms with van der Waals surface area (Å²) in [7, 11) is -2.47. The molecule has 0 bridgehead atoms. The van der Waals surface area contributed by atoms with Crippen LogP contribution in [0, 0.1) is 5.82 Å². The molecule has 2 nitrogen and oxygen atoms in total. The minimum absolute atomic E-state index is 0.318. The van der Waals surface area contributed by atoms with Crippen LogP contribution in [0.4, 0.5) is 4.39 Å². The van der Waals surface area contributed by atoms with Gasteiger partial charge in [-0.2, -0.15) is 0 Å². The fraction of sp³-hybridized carbons (Fsp3) is 0.333. The Balaban J connectivity index is 2.48. The zero-order valence-electron chi connectivity index (χ0n) is 7.17. The summed E-state index contributed by atoms with van der Waals surface area (Å²) in [5.41, 5.74) is 0.682. The standard InChI is InChI=1S/C9H8BrFO2S/c10-7-5-6(1-2-8(7)11)9(3-4-9)14(12)13/h1-2,5,14H,3-4H2. The van der Waals surface area contributed by atoms with Crippen LogP contribution in [0.15, 0.2) is 22.7 Å². The minimum atomic E-state index is -2.47. The second-order valence-corrected chi connectivity index (χ2v) is 5.64. The van der Waals surface area contributed by atoms with E-state index in [0.29, 0.717) is 22.9 Å². The molecule has 5 heteroatoms. The summed E-state index contributed by atoms with van der Waals surface area (Å²) in [6.45, 7) is 0. The zero-order chi connectivity index (χ0) is 10.3. The summed E-state index contributed by atoms with van der Waals surface area (Å²) < 4.78 is 34.5. The molecule has 0 aliphatic heterocycles. The molecule has 1 aromatic rings. The molecule has 0 saturated heterocycles. The van der Waals surface area contributed by atoms with Crippen molar-refractivity contribution in [1.29, 1.82) is 0 Å². The van der Waals surface area contributed by atoms with Crippen LogP contribution in [0.2, 0.25) is 0 Å². The van der Waals surface area contributed by atoms with Gasteiger partial charge in [0.2, 0.25) is 0 Å². The van der Waals surface area contributed by atoms with E-state index in [2.05, 4.69) is 15.9 Å². The van der Waals surface area contributed by atoms with Crippen molar-refractivity contribution >= 4 is 26.6 Å². The molecule has 2 rings (SSSR count). The first-order valence-corrected chi connectivity index (χ1v) is 6.13. The average molecular weight is 279 g/mol. The molecule has 1 aromatic carbocycles. The van der Waals surface area contributed by atoms with Crippen molar-refractivity contribution in [2.24, 2.45) is 0 Å². The molecule has 1 fully saturated rings. The molecule has 0 unspecified atom stereocenters. The smallest absolute Gasteiger partial charge is 0.150 e. The number of hydrogen-bond acceptors (Lipinski definition) is 2. The third-order valence-corrected chi connectivity index (χ3v) is 4.54. The van der Waals surface area contributed by atoms with Crippen molar-refractivity contribution < 1.29 is 12.8 Å². The molecule has 0 atom stereocenters. The highest BCUT2D eigenvalue weighted by Crippen LogP contribution is 2.49. The molecule has 14 heavy (non-hydrogen) atoms. The predicted octanol–water partition coefficient (Wildman–Crippen LogP) is 2.19. The lowest BCUT2D eigenvalue weighted by molar-refractivity contribution is 0.598. The fourth-order valence-electron chi connectivity index (χ4n) is 1.48. The van der Waals surface area contributed by atoms with Crippen LogP contribution >= 0.6 is 15.9 Å². The van der Waals surface area contributed by atoms with Crippen LogP contribution in [0.1, 0.15) is 18.4 Å². The first kappa shape index (κ1) is 10.1. The maximum atomic E-state index is 12.9. The molecular formula is C9H8BrFO2S. The SMILES string of the molecule is O=[SH](=O)C1(c2ccc(F)c(Br)c2)CC1. The van der Waals surface area contributed by atoms with Gasteiger partial charge in [-0.1, -0.05) is 6.07 Å². The summed E-state index contributed by atoms with van der Waals surface area (Å²) in [5.74, 6) is -0.370. The van der Waals surface area contributed by atoms with E-state index >= 15 is 0 Å². The van der Waals surface area contributed by atoms with Gasteiger partial charge in [-0.05, 0) is 46.5 Å². The van der Waals surface area contributed by atoms with E-state index in [-0.39, 0.29) is 5.82 Å². The maximum absolute atomic E-state index is 12.9. The van der Waals surface area contributed by atoms with Gasteiger partial charge in [0.1, 0.15) is 16.5 Å². The van der Waals surface area contributed by atoms with Gasteiger partial charge in [0.05, 0.1) is 9.22 Å². The van der Waals surface area contributed by atoms with E-state index in [1.165, 1.54) is 12.1 Å². The Kier molecular flexibility index (Phi) is 2.39. The van der Waals surface area contributed by atoms with Gasteiger partial charge in [-0.3, -0.25) is 0 Å². The summed E-state index contributed by atoms with van der Waals surface area (Å²) in [4.78, 5) is 0. The number of rotatable bonds is 2. The number of hydrogen-bond donors (Lipinski definition) is 1. The number of halogens is 2. The first-order chi connectivity index (χ1) is 6.56. The van der Waals surface area contributed by atoms with Crippen LogP contribution in [0.25, 0.3) is 0 Å².